The van der Waals surface area contributed by atoms with Gasteiger partial charge in [0.25, 0.3) is 11.6 Å². The number of aromatic nitrogens is 4. The van der Waals surface area contributed by atoms with E-state index in [1.807, 2.05) is 0 Å². The van der Waals surface area contributed by atoms with E-state index >= 15 is 0 Å². The van der Waals surface area contributed by atoms with Gasteiger partial charge in [0.1, 0.15) is 0 Å². The summed E-state index contributed by atoms with van der Waals surface area (Å²) in [7, 11) is 0. The largest absolute Gasteiger partial charge is 0.475 e. The van der Waals surface area contributed by atoms with Crippen molar-refractivity contribution in [2.75, 3.05) is 0 Å². The first-order chi connectivity index (χ1) is 6.16. The molecule has 0 aromatic carbocycles. The van der Waals surface area contributed by atoms with Gasteiger partial charge in [0.15, 0.2) is 0 Å². The molecular formula is C7H6N4O2. The van der Waals surface area contributed by atoms with Crippen LogP contribution in [-0.4, -0.2) is 30.7 Å². The molecule has 2 aromatic rings. The molecule has 6 nitrogen and oxygen atoms in total. The highest BCUT2D eigenvalue weighted by Gasteiger charge is 2.10. The Bertz CT molecular complexity index is 476. The van der Waals surface area contributed by atoms with E-state index in [2.05, 4.69) is 15.1 Å². The number of rotatable bonds is 1. The summed E-state index contributed by atoms with van der Waals surface area (Å²) in [5.41, 5.74) is 0.775. The van der Waals surface area contributed by atoms with Crippen molar-refractivity contribution >= 4 is 11.7 Å². The molecule has 0 amide bonds. The lowest BCUT2D eigenvalue weighted by atomic mass is 10.5. The Kier molecular flexibility index (Phi) is 1.48. The second kappa shape index (κ2) is 2.51. The maximum atomic E-state index is 10.5. The molecule has 0 unspecified atom stereocenters. The maximum Gasteiger partial charge on any atom is 0.375 e. The number of aromatic carboxylic acids is 1. The molecule has 2 rings (SSSR count). The monoisotopic (exact) mass is 178 g/mol. The molecule has 2 heterocycles. The first-order valence-electron chi connectivity index (χ1n) is 3.60. The number of carboxylic acid groups (broad SMARTS) is 1. The third kappa shape index (κ3) is 1.22. The van der Waals surface area contributed by atoms with Crippen LogP contribution in [0, 0.1) is 6.92 Å². The zero-order chi connectivity index (χ0) is 9.42. The van der Waals surface area contributed by atoms with E-state index in [4.69, 9.17) is 5.11 Å². The van der Waals surface area contributed by atoms with Gasteiger partial charge in [-0.05, 0) is 13.0 Å². The van der Waals surface area contributed by atoms with Gasteiger partial charge in [0.05, 0.1) is 0 Å². The van der Waals surface area contributed by atoms with Crippen LogP contribution in [0.4, 0.5) is 0 Å². The van der Waals surface area contributed by atoms with E-state index in [-0.39, 0.29) is 5.82 Å². The summed E-state index contributed by atoms with van der Waals surface area (Å²) >= 11 is 0. The van der Waals surface area contributed by atoms with E-state index in [0.29, 0.717) is 5.78 Å². The fourth-order valence-electron chi connectivity index (χ4n) is 0.955. The molecular weight excluding hydrogens is 172 g/mol. The predicted octanol–water partition coefficient (Wildman–Crippen LogP) is 0.131. The summed E-state index contributed by atoms with van der Waals surface area (Å²) in [6.45, 7) is 1.80. The number of fused-ring (bicyclic) bond motifs is 1. The Hall–Kier alpha value is -1.98. The third-order valence-electron chi connectivity index (χ3n) is 1.54. The van der Waals surface area contributed by atoms with Crippen molar-refractivity contribution in [3.63, 3.8) is 0 Å². The van der Waals surface area contributed by atoms with Crippen molar-refractivity contribution < 1.29 is 9.90 Å². The van der Waals surface area contributed by atoms with Gasteiger partial charge in [-0.1, -0.05) is 0 Å². The number of carboxylic acids is 1. The van der Waals surface area contributed by atoms with Crippen LogP contribution < -0.4 is 0 Å². The standard InChI is InChI=1S/C7H6N4O2/c1-4-2-3-11-7(8-4)9-5(10-11)6(12)13/h2-3H,1H3,(H,12,13). The first kappa shape index (κ1) is 7.66. The number of hydrogen-bond donors (Lipinski definition) is 1. The molecule has 1 N–H and O–H groups in total. The molecule has 0 atom stereocenters. The van der Waals surface area contributed by atoms with Gasteiger partial charge >= 0.3 is 5.97 Å². The minimum Gasteiger partial charge on any atom is -0.475 e. The van der Waals surface area contributed by atoms with Crippen LogP contribution in [0.25, 0.3) is 5.78 Å². The first-order valence-corrected chi connectivity index (χ1v) is 3.60. The molecule has 0 bridgehead atoms. The van der Waals surface area contributed by atoms with Crippen molar-refractivity contribution in [1.29, 1.82) is 0 Å². The number of nitrogens with zero attached hydrogens (tertiary/aromatic N) is 4. The molecule has 2 aromatic heterocycles. The van der Waals surface area contributed by atoms with Crippen molar-refractivity contribution in [1.82, 2.24) is 19.6 Å². The fraction of sp³-hybridized carbons (Fsp3) is 0.143. The number of aryl methyl sites for hydroxylation is 1. The fourth-order valence-corrected chi connectivity index (χ4v) is 0.955. The Balaban J connectivity index is 2.68. The average Bonchev–Trinajstić information content (AvgIpc) is 2.46. The van der Waals surface area contributed by atoms with E-state index < -0.39 is 5.97 Å². The van der Waals surface area contributed by atoms with Crippen LogP contribution >= 0.6 is 0 Å². The Morgan fingerprint density at radius 3 is 3.00 bits per heavy atom. The van der Waals surface area contributed by atoms with Gasteiger partial charge in [-0.15, -0.1) is 5.10 Å². The van der Waals surface area contributed by atoms with Crippen LogP contribution in [0.3, 0.4) is 0 Å². The summed E-state index contributed by atoms with van der Waals surface area (Å²) in [6, 6.07) is 1.73. The van der Waals surface area contributed by atoms with Crippen molar-refractivity contribution in [3.05, 3.63) is 23.8 Å². The SMILES string of the molecule is Cc1ccn2nc(C(=O)O)nc2n1. The average molecular weight is 178 g/mol. The molecule has 0 saturated carbocycles. The molecule has 0 spiro atoms. The molecule has 6 heteroatoms. The van der Waals surface area contributed by atoms with Crippen molar-refractivity contribution in [3.8, 4) is 0 Å². The summed E-state index contributed by atoms with van der Waals surface area (Å²) in [5, 5.41) is 12.3. The normalized spacial score (nSPS) is 10.5. The minimum absolute atomic E-state index is 0.238. The van der Waals surface area contributed by atoms with Crippen molar-refractivity contribution in [2.45, 2.75) is 6.92 Å². The molecule has 0 aliphatic carbocycles. The molecule has 0 aliphatic heterocycles. The summed E-state index contributed by atoms with van der Waals surface area (Å²) in [6.07, 6.45) is 1.62. The Morgan fingerprint density at radius 1 is 1.54 bits per heavy atom. The predicted molar refractivity (Wildman–Crippen MR) is 42.5 cm³/mol. The summed E-state index contributed by atoms with van der Waals surface area (Å²) < 4.78 is 1.33. The highest BCUT2D eigenvalue weighted by atomic mass is 16.4. The smallest absolute Gasteiger partial charge is 0.375 e. The molecule has 0 radical (unpaired) electrons. The molecule has 0 fully saturated rings. The van der Waals surface area contributed by atoms with Crippen LogP contribution in [-0.2, 0) is 0 Å². The van der Waals surface area contributed by atoms with Crippen LogP contribution in [0.5, 0.6) is 0 Å². The zero-order valence-electron chi connectivity index (χ0n) is 6.80. The van der Waals surface area contributed by atoms with E-state index in [1.165, 1.54) is 4.52 Å². The van der Waals surface area contributed by atoms with Crippen LogP contribution in [0.1, 0.15) is 16.3 Å². The lowest BCUT2D eigenvalue weighted by Gasteiger charge is -1.89. The Morgan fingerprint density at radius 2 is 2.31 bits per heavy atom. The molecule has 0 aliphatic rings. The zero-order valence-corrected chi connectivity index (χ0v) is 6.80. The maximum absolute atomic E-state index is 10.5. The lowest BCUT2D eigenvalue weighted by molar-refractivity contribution is 0.0684. The Labute approximate surface area is 72.9 Å². The lowest BCUT2D eigenvalue weighted by Crippen LogP contribution is -1.99. The highest BCUT2D eigenvalue weighted by molar-refractivity contribution is 5.83. The topological polar surface area (TPSA) is 80.4 Å². The van der Waals surface area contributed by atoms with Gasteiger partial charge in [-0.3, -0.25) is 0 Å². The second-order valence-corrected chi connectivity index (χ2v) is 2.55. The van der Waals surface area contributed by atoms with Gasteiger partial charge in [0, 0.05) is 11.9 Å². The highest BCUT2D eigenvalue weighted by Crippen LogP contribution is 1.99. The van der Waals surface area contributed by atoms with Crippen LogP contribution in [0.15, 0.2) is 12.3 Å². The second-order valence-electron chi connectivity index (χ2n) is 2.55. The summed E-state index contributed by atoms with van der Waals surface area (Å²) in [4.78, 5) is 18.2. The molecule has 13 heavy (non-hydrogen) atoms. The van der Waals surface area contributed by atoms with Gasteiger partial charge in [0.2, 0.25) is 0 Å². The third-order valence-corrected chi connectivity index (χ3v) is 1.54. The summed E-state index contributed by atoms with van der Waals surface area (Å²) in [5.74, 6) is -1.08. The van der Waals surface area contributed by atoms with Gasteiger partial charge in [-0.25, -0.2) is 14.3 Å². The molecule has 0 saturated heterocycles. The van der Waals surface area contributed by atoms with Gasteiger partial charge in [-0.2, -0.15) is 4.98 Å². The number of carbonyl (C=O) groups is 1. The quantitative estimate of drug-likeness (QED) is 0.671. The van der Waals surface area contributed by atoms with Crippen molar-refractivity contribution in [2.24, 2.45) is 0 Å². The minimum atomic E-state index is -1.15. The van der Waals surface area contributed by atoms with E-state index in [1.54, 1.807) is 19.2 Å². The number of hydrogen-bond acceptors (Lipinski definition) is 4. The van der Waals surface area contributed by atoms with Crippen LogP contribution in [0.2, 0.25) is 0 Å². The molecule has 66 valence electrons. The van der Waals surface area contributed by atoms with E-state index in [0.717, 1.165) is 5.69 Å². The van der Waals surface area contributed by atoms with Gasteiger partial charge < -0.3 is 5.11 Å². The van der Waals surface area contributed by atoms with E-state index in [9.17, 15) is 4.79 Å².